The van der Waals surface area contributed by atoms with E-state index in [0.29, 0.717) is 19.0 Å². The Morgan fingerprint density at radius 3 is 2.29 bits per heavy atom. The molecule has 0 aromatic rings. The van der Waals surface area contributed by atoms with Gasteiger partial charge < -0.3 is 9.47 Å². The third-order valence-corrected chi connectivity index (χ3v) is 1.34. The van der Waals surface area contributed by atoms with Crippen LogP contribution in [0.25, 0.3) is 0 Å². The van der Waals surface area contributed by atoms with E-state index in [9.17, 15) is 4.79 Å². The maximum Gasteiger partial charge on any atom is 0.334 e. The van der Waals surface area contributed by atoms with E-state index in [0.717, 1.165) is 0 Å². The number of ether oxygens (including phenoxy) is 2. The van der Waals surface area contributed by atoms with Crippen LogP contribution in [0.1, 0.15) is 34.6 Å². The number of carbonyl (C=O) groups excluding carboxylic acids is 1. The Labute approximate surface area is 86.1 Å². The number of rotatable bonds is 4. The molecule has 0 aliphatic rings. The van der Waals surface area contributed by atoms with Crippen LogP contribution in [-0.2, 0) is 14.3 Å². The lowest BCUT2D eigenvalue weighted by Crippen LogP contribution is -2.14. The van der Waals surface area contributed by atoms with Crippen LogP contribution in [0.3, 0.4) is 0 Å². The molecule has 3 heteroatoms. The average Bonchev–Trinajstić information content (AvgIpc) is 2.00. The van der Waals surface area contributed by atoms with Crippen LogP contribution >= 0.6 is 0 Å². The first-order chi connectivity index (χ1) is 6.35. The molecule has 0 aliphatic carbocycles. The van der Waals surface area contributed by atoms with E-state index >= 15 is 0 Å². The van der Waals surface area contributed by atoms with Gasteiger partial charge in [0, 0.05) is 0 Å². The zero-order valence-electron chi connectivity index (χ0n) is 9.72. The molecule has 3 nitrogen and oxygen atoms in total. The van der Waals surface area contributed by atoms with Gasteiger partial charge in [-0.15, -0.1) is 0 Å². The fraction of sp³-hybridized carbons (Fsp3) is 0.727. The fourth-order valence-electron chi connectivity index (χ4n) is 0.722. The van der Waals surface area contributed by atoms with Crippen LogP contribution in [-0.4, -0.2) is 19.2 Å². The molecule has 0 spiro atoms. The van der Waals surface area contributed by atoms with Crippen LogP contribution in [0.2, 0.25) is 0 Å². The molecule has 0 aromatic carbocycles. The molecule has 0 bridgehead atoms. The van der Waals surface area contributed by atoms with E-state index in [1.165, 1.54) is 6.08 Å². The van der Waals surface area contributed by atoms with Crippen LogP contribution < -0.4 is 0 Å². The van der Waals surface area contributed by atoms with Crippen molar-refractivity contribution in [1.82, 2.24) is 0 Å². The van der Waals surface area contributed by atoms with Gasteiger partial charge in [0.25, 0.3) is 0 Å². The first kappa shape index (κ1) is 13.0. The first-order valence-corrected chi connectivity index (χ1v) is 4.83. The third-order valence-electron chi connectivity index (χ3n) is 1.34. The Kier molecular flexibility index (Phi) is 5.28. The quantitative estimate of drug-likeness (QED) is 0.397. The van der Waals surface area contributed by atoms with Crippen molar-refractivity contribution >= 4 is 5.97 Å². The number of carbonyl (C=O) groups is 1. The summed E-state index contributed by atoms with van der Waals surface area (Å²) in [7, 11) is 0. The molecule has 0 rings (SSSR count). The molecular weight excluding hydrogens is 180 g/mol. The van der Waals surface area contributed by atoms with Gasteiger partial charge in [-0.25, -0.2) is 4.79 Å². The first-order valence-electron chi connectivity index (χ1n) is 4.83. The number of esters is 1. The second kappa shape index (κ2) is 5.68. The number of hydrogen-bond donors (Lipinski definition) is 0. The zero-order valence-corrected chi connectivity index (χ0v) is 9.72. The van der Waals surface area contributed by atoms with Crippen LogP contribution in [0, 0.1) is 5.41 Å². The largest absolute Gasteiger partial charge is 0.497 e. The van der Waals surface area contributed by atoms with Crippen molar-refractivity contribution in [2.75, 3.05) is 13.2 Å². The van der Waals surface area contributed by atoms with Crippen LogP contribution in [0.15, 0.2) is 11.8 Å². The predicted molar refractivity (Wildman–Crippen MR) is 55.8 cm³/mol. The van der Waals surface area contributed by atoms with E-state index in [4.69, 9.17) is 9.47 Å². The summed E-state index contributed by atoms with van der Waals surface area (Å²) in [5.41, 5.74) is 0.101. The Bertz CT molecular complexity index is 211. The number of allylic oxidation sites excluding steroid dienone is 1. The lowest BCUT2D eigenvalue weighted by Gasteiger charge is -2.18. The van der Waals surface area contributed by atoms with Gasteiger partial charge in [0.15, 0.2) is 0 Å². The molecule has 0 N–H and O–H groups in total. The zero-order chi connectivity index (χ0) is 11.2. The summed E-state index contributed by atoms with van der Waals surface area (Å²) in [6.45, 7) is 10.7. The normalized spacial score (nSPS) is 12.5. The average molecular weight is 200 g/mol. The smallest absolute Gasteiger partial charge is 0.334 e. The summed E-state index contributed by atoms with van der Waals surface area (Å²) in [5.74, 6) is 0.247. The van der Waals surface area contributed by atoms with Gasteiger partial charge in [0.05, 0.1) is 19.3 Å². The molecule has 0 aromatic heterocycles. The standard InChI is InChI=1S/C11H20O3/c1-6-13-10(12)7-9(2)14-8-11(3,4)5/h7H,6,8H2,1-5H3/b9-7+. The SMILES string of the molecule is CCOC(=O)/C=C(\C)OCC(C)(C)C. The lowest BCUT2D eigenvalue weighted by molar-refractivity contribution is -0.137. The molecule has 0 amide bonds. The van der Waals surface area contributed by atoms with E-state index in [1.54, 1.807) is 13.8 Å². The van der Waals surface area contributed by atoms with Crippen molar-refractivity contribution in [3.8, 4) is 0 Å². The Hall–Kier alpha value is -0.990. The molecule has 0 saturated carbocycles. The summed E-state index contributed by atoms with van der Waals surface area (Å²) in [6, 6.07) is 0. The summed E-state index contributed by atoms with van der Waals surface area (Å²) in [4.78, 5) is 11.0. The topological polar surface area (TPSA) is 35.5 Å². The van der Waals surface area contributed by atoms with E-state index < -0.39 is 0 Å². The van der Waals surface area contributed by atoms with Gasteiger partial charge in [-0.2, -0.15) is 0 Å². The van der Waals surface area contributed by atoms with Crippen molar-refractivity contribution < 1.29 is 14.3 Å². The lowest BCUT2D eigenvalue weighted by atomic mass is 9.99. The van der Waals surface area contributed by atoms with Crippen molar-refractivity contribution in [1.29, 1.82) is 0 Å². The molecule has 0 saturated heterocycles. The monoisotopic (exact) mass is 200 g/mol. The Morgan fingerprint density at radius 2 is 1.86 bits per heavy atom. The van der Waals surface area contributed by atoms with Gasteiger partial charge in [-0.3, -0.25) is 0 Å². The second-order valence-electron chi connectivity index (χ2n) is 4.36. The number of hydrogen-bond acceptors (Lipinski definition) is 3. The summed E-state index contributed by atoms with van der Waals surface area (Å²) in [5, 5.41) is 0. The van der Waals surface area contributed by atoms with Crippen molar-refractivity contribution in [2.24, 2.45) is 5.41 Å². The summed E-state index contributed by atoms with van der Waals surface area (Å²) >= 11 is 0. The minimum Gasteiger partial charge on any atom is -0.497 e. The van der Waals surface area contributed by atoms with Gasteiger partial charge in [-0.05, 0) is 19.3 Å². The molecule has 0 heterocycles. The Balaban J connectivity index is 3.95. The van der Waals surface area contributed by atoms with Gasteiger partial charge >= 0.3 is 5.97 Å². The maximum absolute atomic E-state index is 11.0. The molecule has 0 atom stereocenters. The van der Waals surface area contributed by atoms with Gasteiger partial charge in [-0.1, -0.05) is 20.8 Å². The molecule has 0 unspecified atom stereocenters. The molecule has 82 valence electrons. The highest BCUT2D eigenvalue weighted by molar-refractivity contribution is 5.82. The summed E-state index contributed by atoms with van der Waals surface area (Å²) < 4.78 is 10.1. The van der Waals surface area contributed by atoms with E-state index in [2.05, 4.69) is 20.8 Å². The highest BCUT2D eigenvalue weighted by atomic mass is 16.5. The van der Waals surface area contributed by atoms with Crippen molar-refractivity contribution in [3.63, 3.8) is 0 Å². The molecule has 14 heavy (non-hydrogen) atoms. The predicted octanol–water partition coefficient (Wildman–Crippen LogP) is 2.52. The highest BCUT2D eigenvalue weighted by Crippen LogP contribution is 2.14. The van der Waals surface area contributed by atoms with Crippen LogP contribution in [0.4, 0.5) is 0 Å². The minimum absolute atomic E-state index is 0.101. The van der Waals surface area contributed by atoms with Crippen molar-refractivity contribution in [2.45, 2.75) is 34.6 Å². The van der Waals surface area contributed by atoms with Crippen molar-refractivity contribution in [3.05, 3.63) is 11.8 Å². The maximum atomic E-state index is 11.0. The van der Waals surface area contributed by atoms with Gasteiger partial charge in [0.1, 0.15) is 5.76 Å². The fourth-order valence-corrected chi connectivity index (χ4v) is 0.722. The highest BCUT2D eigenvalue weighted by Gasteiger charge is 2.11. The van der Waals surface area contributed by atoms with Crippen LogP contribution in [0.5, 0.6) is 0 Å². The summed E-state index contributed by atoms with van der Waals surface area (Å²) in [6.07, 6.45) is 1.37. The third kappa shape index (κ3) is 7.65. The minimum atomic E-state index is -0.348. The van der Waals surface area contributed by atoms with Gasteiger partial charge in [0.2, 0.25) is 0 Å². The molecule has 0 radical (unpaired) electrons. The van der Waals surface area contributed by atoms with E-state index in [-0.39, 0.29) is 11.4 Å². The molecular formula is C11H20O3. The Morgan fingerprint density at radius 1 is 1.29 bits per heavy atom. The molecule has 0 aliphatic heterocycles. The second-order valence-corrected chi connectivity index (χ2v) is 4.36. The van der Waals surface area contributed by atoms with E-state index in [1.807, 2.05) is 0 Å². The molecule has 0 fully saturated rings.